The van der Waals surface area contributed by atoms with Crippen LogP contribution in [0.15, 0.2) is 24.3 Å². The first-order valence-electron chi connectivity index (χ1n) is 15.7. The lowest BCUT2D eigenvalue weighted by Crippen LogP contribution is -2.29. The van der Waals surface area contributed by atoms with Crippen molar-refractivity contribution in [3.05, 3.63) is 70.3 Å². The van der Waals surface area contributed by atoms with Crippen LogP contribution in [0.3, 0.4) is 0 Å². The summed E-state index contributed by atoms with van der Waals surface area (Å²) in [5.74, 6) is -7.32. The van der Waals surface area contributed by atoms with E-state index in [1.807, 2.05) is 0 Å². The second-order valence-corrected chi connectivity index (χ2v) is 12.4. The van der Waals surface area contributed by atoms with Crippen molar-refractivity contribution in [2.75, 3.05) is 0 Å². The molecule has 2 aliphatic carbocycles. The molecular formula is C34H44F6O. The third kappa shape index (κ3) is 8.09. The van der Waals surface area contributed by atoms with Gasteiger partial charge < -0.3 is 4.74 Å². The number of hydrogen-bond acceptors (Lipinski definition) is 1. The molecule has 2 atom stereocenters. The summed E-state index contributed by atoms with van der Waals surface area (Å²) < 4.78 is 92.5. The van der Waals surface area contributed by atoms with Crippen LogP contribution in [0.1, 0.15) is 127 Å². The molecule has 0 heterocycles. The molecule has 0 bridgehead atoms. The molecule has 1 nitrogen and oxygen atoms in total. The molecule has 2 aromatic carbocycles. The van der Waals surface area contributed by atoms with Crippen LogP contribution in [-0.2, 0) is 4.74 Å². The Labute approximate surface area is 241 Å². The summed E-state index contributed by atoms with van der Waals surface area (Å²) >= 11 is 0. The van der Waals surface area contributed by atoms with E-state index in [1.54, 1.807) is 0 Å². The van der Waals surface area contributed by atoms with Crippen LogP contribution in [0, 0.1) is 58.6 Å². The third-order valence-electron chi connectivity index (χ3n) is 9.53. The van der Waals surface area contributed by atoms with E-state index in [2.05, 4.69) is 13.8 Å². The maximum Gasteiger partial charge on any atom is 0.194 e. The van der Waals surface area contributed by atoms with Crippen molar-refractivity contribution >= 4 is 0 Å². The molecule has 2 fully saturated rings. The highest BCUT2D eigenvalue weighted by Crippen LogP contribution is 2.47. The molecule has 41 heavy (non-hydrogen) atoms. The summed E-state index contributed by atoms with van der Waals surface area (Å²) in [5, 5.41) is 0. The maximum absolute atomic E-state index is 14.5. The summed E-state index contributed by atoms with van der Waals surface area (Å²) in [7, 11) is 0. The van der Waals surface area contributed by atoms with Crippen LogP contribution in [0.4, 0.5) is 26.3 Å². The largest absolute Gasteiger partial charge is 0.365 e. The lowest BCUT2D eigenvalue weighted by Gasteiger charge is -2.40. The summed E-state index contributed by atoms with van der Waals surface area (Å²) in [6.07, 6.45) is 12.0. The van der Waals surface area contributed by atoms with Crippen molar-refractivity contribution < 1.29 is 31.1 Å². The van der Waals surface area contributed by atoms with Gasteiger partial charge in [0.2, 0.25) is 0 Å². The van der Waals surface area contributed by atoms with Gasteiger partial charge in [0.15, 0.2) is 34.9 Å². The third-order valence-corrected chi connectivity index (χ3v) is 9.53. The Kier molecular flexibility index (Phi) is 11.6. The van der Waals surface area contributed by atoms with Gasteiger partial charge in [0.05, 0.1) is 12.2 Å². The van der Waals surface area contributed by atoms with Crippen molar-refractivity contribution in [2.45, 2.75) is 116 Å². The molecule has 0 N–H and O–H groups in total. The number of hydrogen-bond donors (Lipinski definition) is 0. The highest BCUT2D eigenvalue weighted by Gasteiger charge is 2.37. The number of unbranched alkanes of at least 4 members (excludes halogenated alkanes) is 2. The van der Waals surface area contributed by atoms with Gasteiger partial charge in [-0.2, -0.15) is 0 Å². The molecule has 2 aromatic rings. The van der Waals surface area contributed by atoms with Crippen molar-refractivity contribution in [3.8, 4) is 0 Å². The number of benzene rings is 2. The number of halogens is 6. The molecule has 0 amide bonds. The smallest absolute Gasteiger partial charge is 0.194 e. The fourth-order valence-corrected chi connectivity index (χ4v) is 7.11. The molecule has 0 radical (unpaired) electrons. The second kappa shape index (κ2) is 14.9. The Morgan fingerprint density at radius 2 is 0.878 bits per heavy atom. The van der Waals surface area contributed by atoms with Crippen molar-refractivity contribution in [2.24, 2.45) is 23.7 Å². The predicted molar refractivity (Wildman–Crippen MR) is 149 cm³/mol. The average molecular weight is 583 g/mol. The Bertz CT molecular complexity index is 987. The summed E-state index contributed by atoms with van der Waals surface area (Å²) in [6.45, 7) is 4.32. The SMILES string of the molecule is CCCCC1CCC(C(OC(c2cc(F)c(F)c(F)c2)C2CCC(CCCC)CC2)c2cc(F)c(F)c(F)c2)CC1. The molecule has 0 spiro atoms. The first-order chi connectivity index (χ1) is 19.7. The molecule has 228 valence electrons. The van der Waals surface area contributed by atoms with E-state index in [1.165, 1.54) is 0 Å². The summed E-state index contributed by atoms with van der Waals surface area (Å²) in [5.41, 5.74) is 0.367. The average Bonchev–Trinajstić information content (AvgIpc) is 2.97. The standard InChI is InChI=1S/C34H44F6O/c1-3-5-7-21-9-13-23(14-10-21)33(25-17-27(35)31(39)28(36)18-25)41-34(26-19-29(37)32(40)30(38)20-26)24-15-11-22(12-16-24)8-6-4-2/h17-24,33-34H,3-16H2,1-2H3. The molecule has 2 unspecified atom stereocenters. The van der Waals surface area contributed by atoms with Crippen molar-refractivity contribution in [1.82, 2.24) is 0 Å². The topological polar surface area (TPSA) is 9.23 Å². The van der Waals surface area contributed by atoms with Gasteiger partial charge >= 0.3 is 0 Å². The van der Waals surface area contributed by atoms with E-state index >= 15 is 0 Å². The zero-order valence-electron chi connectivity index (χ0n) is 24.3. The second-order valence-electron chi connectivity index (χ2n) is 12.4. The molecule has 0 aliphatic heterocycles. The van der Waals surface area contributed by atoms with Gasteiger partial charge in [-0.25, -0.2) is 26.3 Å². The Morgan fingerprint density at radius 1 is 0.561 bits per heavy atom. The van der Waals surface area contributed by atoms with E-state index in [4.69, 9.17) is 4.74 Å². The fourth-order valence-electron chi connectivity index (χ4n) is 7.11. The molecule has 2 aliphatic rings. The summed E-state index contributed by atoms with van der Waals surface area (Å²) in [6, 6.07) is 3.93. The van der Waals surface area contributed by atoms with E-state index in [0.717, 1.165) is 114 Å². The van der Waals surface area contributed by atoms with E-state index in [9.17, 15) is 26.3 Å². The first kappa shape index (κ1) is 31.9. The Morgan fingerprint density at radius 3 is 1.17 bits per heavy atom. The maximum atomic E-state index is 14.5. The van der Waals surface area contributed by atoms with E-state index in [0.29, 0.717) is 11.8 Å². The van der Waals surface area contributed by atoms with Gasteiger partial charge in [-0.05, 0) is 84.7 Å². The Hall–Kier alpha value is -2.02. The highest BCUT2D eigenvalue weighted by molar-refractivity contribution is 5.25. The van der Waals surface area contributed by atoms with Crippen LogP contribution in [0.25, 0.3) is 0 Å². The van der Waals surface area contributed by atoms with Crippen LogP contribution >= 0.6 is 0 Å². The lowest BCUT2D eigenvalue weighted by atomic mass is 9.74. The van der Waals surface area contributed by atoms with Crippen LogP contribution in [-0.4, -0.2) is 0 Å². The fraction of sp³-hybridized carbons (Fsp3) is 0.647. The van der Waals surface area contributed by atoms with Gasteiger partial charge in [-0.1, -0.05) is 78.1 Å². The molecule has 4 rings (SSSR count). The van der Waals surface area contributed by atoms with Gasteiger partial charge in [-0.15, -0.1) is 0 Å². The van der Waals surface area contributed by atoms with Crippen LogP contribution in [0.2, 0.25) is 0 Å². The summed E-state index contributed by atoms with van der Waals surface area (Å²) in [4.78, 5) is 0. The first-order valence-corrected chi connectivity index (χ1v) is 15.7. The number of rotatable bonds is 12. The van der Waals surface area contributed by atoms with Crippen molar-refractivity contribution in [3.63, 3.8) is 0 Å². The van der Waals surface area contributed by atoms with Crippen LogP contribution < -0.4 is 0 Å². The molecule has 0 aromatic heterocycles. The minimum atomic E-state index is -1.54. The molecule has 2 saturated carbocycles. The number of ether oxygens (including phenoxy) is 1. The normalized spacial score (nSPS) is 24.8. The van der Waals surface area contributed by atoms with E-state index in [-0.39, 0.29) is 23.0 Å². The zero-order valence-corrected chi connectivity index (χ0v) is 24.3. The van der Waals surface area contributed by atoms with Crippen molar-refractivity contribution in [1.29, 1.82) is 0 Å². The monoisotopic (exact) mass is 582 g/mol. The minimum Gasteiger partial charge on any atom is -0.365 e. The Balaban J connectivity index is 1.66. The molecular weight excluding hydrogens is 538 g/mol. The van der Waals surface area contributed by atoms with Crippen LogP contribution in [0.5, 0.6) is 0 Å². The minimum absolute atomic E-state index is 0.101. The van der Waals surface area contributed by atoms with Gasteiger partial charge in [-0.3, -0.25) is 0 Å². The highest BCUT2D eigenvalue weighted by atomic mass is 19.2. The molecule has 0 saturated heterocycles. The quantitative estimate of drug-likeness (QED) is 0.179. The van der Waals surface area contributed by atoms with Gasteiger partial charge in [0.25, 0.3) is 0 Å². The lowest BCUT2D eigenvalue weighted by molar-refractivity contribution is -0.0912. The van der Waals surface area contributed by atoms with Gasteiger partial charge in [0.1, 0.15) is 0 Å². The van der Waals surface area contributed by atoms with E-state index < -0.39 is 47.1 Å². The van der Waals surface area contributed by atoms with Gasteiger partial charge in [0, 0.05) is 0 Å². The predicted octanol–water partition coefficient (Wildman–Crippen LogP) is 11.3. The zero-order chi connectivity index (χ0) is 29.5. The molecule has 7 heteroatoms.